The Bertz CT molecular complexity index is 281. The molecular formula is C15H28O2. The third kappa shape index (κ3) is 2.26. The number of hydrogen-bond acceptors (Lipinski definition) is 2. The SMILES string of the molecule is C[C@H]1CC[C@H](O)[C@@]2(C)CC[C@H](C(C)(C)O)C[C@H]12. The molecule has 0 saturated heterocycles. The van der Waals surface area contributed by atoms with Crippen LogP contribution < -0.4 is 0 Å². The highest BCUT2D eigenvalue weighted by atomic mass is 16.3. The second-order valence-electron chi connectivity index (χ2n) is 7.31. The van der Waals surface area contributed by atoms with Crippen LogP contribution in [0.3, 0.4) is 0 Å². The van der Waals surface area contributed by atoms with Crippen LogP contribution in [-0.2, 0) is 0 Å². The van der Waals surface area contributed by atoms with Crippen LogP contribution in [0.5, 0.6) is 0 Å². The van der Waals surface area contributed by atoms with Crippen LogP contribution in [0.25, 0.3) is 0 Å². The van der Waals surface area contributed by atoms with E-state index in [1.807, 2.05) is 13.8 Å². The molecule has 0 aliphatic heterocycles. The van der Waals surface area contributed by atoms with E-state index in [4.69, 9.17) is 0 Å². The van der Waals surface area contributed by atoms with Crippen LogP contribution in [0.2, 0.25) is 0 Å². The molecule has 0 unspecified atom stereocenters. The summed E-state index contributed by atoms with van der Waals surface area (Å²) in [4.78, 5) is 0. The van der Waals surface area contributed by atoms with Crippen LogP contribution in [0.4, 0.5) is 0 Å². The van der Waals surface area contributed by atoms with E-state index >= 15 is 0 Å². The zero-order valence-corrected chi connectivity index (χ0v) is 11.7. The molecule has 0 aromatic rings. The van der Waals surface area contributed by atoms with Crippen molar-refractivity contribution >= 4 is 0 Å². The molecule has 2 aliphatic rings. The lowest BCUT2D eigenvalue weighted by Crippen LogP contribution is -2.51. The molecule has 0 bridgehead atoms. The first-order valence-corrected chi connectivity index (χ1v) is 7.15. The molecule has 17 heavy (non-hydrogen) atoms. The zero-order chi connectivity index (χ0) is 12.8. The smallest absolute Gasteiger partial charge is 0.0619 e. The summed E-state index contributed by atoms with van der Waals surface area (Å²) in [5.41, 5.74) is -0.469. The Labute approximate surface area is 105 Å². The third-order valence-corrected chi connectivity index (χ3v) is 5.76. The van der Waals surface area contributed by atoms with Crippen LogP contribution in [0, 0.1) is 23.2 Å². The Morgan fingerprint density at radius 2 is 1.82 bits per heavy atom. The van der Waals surface area contributed by atoms with E-state index in [-0.39, 0.29) is 11.5 Å². The Balaban J connectivity index is 2.18. The monoisotopic (exact) mass is 240 g/mol. The van der Waals surface area contributed by atoms with Crippen molar-refractivity contribution in [2.75, 3.05) is 0 Å². The summed E-state index contributed by atoms with van der Waals surface area (Å²) in [5.74, 6) is 1.67. The topological polar surface area (TPSA) is 40.5 Å². The fourth-order valence-electron chi connectivity index (χ4n) is 4.25. The summed E-state index contributed by atoms with van der Waals surface area (Å²) in [5, 5.41) is 20.5. The van der Waals surface area contributed by atoms with Crippen molar-refractivity contribution in [1.82, 2.24) is 0 Å². The predicted octanol–water partition coefficient (Wildman–Crippen LogP) is 2.97. The molecule has 2 fully saturated rings. The van der Waals surface area contributed by atoms with Crippen LogP contribution in [-0.4, -0.2) is 21.9 Å². The maximum absolute atomic E-state index is 10.3. The Hall–Kier alpha value is -0.0800. The summed E-state index contributed by atoms with van der Waals surface area (Å²) < 4.78 is 0. The van der Waals surface area contributed by atoms with Gasteiger partial charge in [0.1, 0.15) is 0 Å². The van der Waals surface area contributed by atoms with Crippen LogP contribution >= 0.6 is 0 Å². The highest BCUT2D eigenvalue weighted by molar-refractivity contribution is 5.01. The van der Waals surface area contributed by atoms with E-state index in [1.54, 1.807) is 0 Å². The van der Waals surface area contributed by atoms with E-state index in [0.717, 1.165) is 32.1 Å². The van der Waals surface area contributed by atoms with Gasteiger partial charge in [-0.1, -0.05) is 13.8 Å². The maximum Gasteiger partial charge on any atom is 0.0619 e. The van der Waals surface area contributed by atoms with Crippen molar-refractivity contribution in [3.05, 3.63) is 0 Å². The average Bonchev–Trinajstić information content (AvgIpc) is 2.22. The summed E-state index contributed by atoms with van der Waals surface area (Å²) in [7, 11) is 0. The Kier molecular flexibility index (Phi) is 3.33. The van der Waals surface area contributed by atoms with E-state index in [0.29, 0.717) is 17.8 Å². The minimum atomic E-state index is -0.566. The lowest BCUT2D eigenvalue weighted by atomic mass is 9.52. The van der Waals surface area contributed by atoms with Gasteiger partial charge in [-0.05, 0) is 69.1 Å². The molecule has 2 aliphatic carbocycles. The van der Waals surface area contributed by atoms with Crippen molar-refractivity contribution in [2.45, 2.75) is 71.5 Å². The summed E-state index contributed by atoms with van der Waals surface area (Å²) in [6, 6.07) is 0. The van der Waals surface area contributed by atoms with Crippen LogP contribution in [0.15, 0.2) is 0 Å². The van der Waals surface area contributed by atoms with E-state index in [2.05, 4.69) is 13.8 Å². The number of rotatable bonds is 1. The first-order valence-electron chi connectivity index (χ1n) is 7.15. The summed E-state index contributed by atoms with van der Waals surface area (Å²) in [6.45, 7) is 8.45. The quantitative estimate of drug-likeness (QED) is 0.740. The fourth-order valence-corrected chi connectivity index (χ4v) is 4.25. The zero-order valence-electron chi connectivity index (χ0n) is 11.7. The molecule has 2 heteroatoms. The molecule has 5 atom stereocenters. The van der Waals surface area contributed by atoms with E-state index < -0.39 is 5.60 Å². The molecule has 0 spiro atoms. The number of fused-ring (bicyclic) bond motifs is 1. The highest BCUT2D eigenvalue weighted by Gasteiger charge is 2.51. The molecule has 0 amide bonds. The van der Waals surface area contributed by atoms with Gasteiger partial charge < -0.3 is 10.2 Å². The summed E-state index contributed by atoms with van der Waals surface area (Å²) >= 11 is 0. The van der Waals surface area contributed by atoms with Crippen molar-refractivity contribution in [3.8, 4) is 0 Å². The molecular weight excluding hydrogens is 212 g/mol. The molecule has 2 N–H and O–H groups in total. The van der Waals surface area contributed by atoms with Gasteiger partial charge in [0.05, 0.1) is 11.7 Å². The van der Waals surface area contributed by atoms with Crippen LogP contribution in [0.1, 0.15) is 59.8 Å². The van der Waals surface area contributed by atoms with Crippen molar-refractivity contribution in [1.29, 1.82) is 0 Å². The molecule has 2 nitrogen and oxygen atoms in total. The largest absolute Gasteiger partial charge is 0.393 e. The summed E-state index contributed by atoms with van der Waals surface area (Å²) in [6.07, 6.45) is 5.17. The Morgan fingerprint density at radius 1 is 1.18 bits per heavy atom. The van der Waals surface area contributed by atoms with Crippen molar-refractivity contribution in [3.63, 3.8) is 0 Å². The molecule has 2 saturated carbocycles. The number of hydrogen-bond donors (Lipinski definition) is 2. The molecule has 0 radical (unpaired) electrons. The fraction of sp³-hybridized carbons (Fsp3) is 1.00. The van der Waals surface area contributed by atoms with Gasteiger partial charge in [0.2, 0.25) is 0 Å². The second-order valence-corrected chi connectivity index (χ2v) is 7.31. The minimum absolute atomic E-state index is 0.0966. The van der Waals surface area contributed by atoms with Gasteiger partial charge in [0.25, 0.3) is 0 Å². The van der Waals surface area contributed by atoms with E-state index in [1.165, 1.54) is 0 Å². The molecule has 100 valence electrons. The lowest BCUT2D eigenvalue weighted by Gasteiger charge is -2.54. The van der Waals surface area contributed by atoms with Gasteiger partial charge in [-0.15, -0.1) is 0 Å². The second kappa shape index (κ2) is 4.24. The van der Waals surface area contributed by atoms with Crippen molar-refractivity contribution < 1.29 is 10.2 Å². The van der Waals surface area contributed by atoms with Crippen molar-refractivity contribution in [2.24, 2.45) is 23.2 Å². The maximum atomic E-state index is 10.3. The molecule has 0 aromatic carbocycles. The third-order valence-electron chi connectivity index (χ3n) is 5.76. The van der Waals surface area contributed by atoms with Gasteiger partial charge >= 0.3 is 0 Å². The first-order chi connectivity index (χ1) is 7.75. The highest BCUT2D eigenvalue weighted by Crippen LogP contribution is 2.55. The van der Waals surface area contributed by atoms with Gasteiger partial charge in [0, 0.05) is 0 Å². The molecule has 0 aromatic heterocycles. The van der Waals surface area contributed by atoms with Gasteiger partial charge in [-0.3, -0.25) is 0 Å². The standard InChI is InChI=1S/C15H28O2/c1-10-5-6-13(16)15(4)8-7-11(9-12(10)15)14(2,3)17/h10-13,16-17H,5-9H2,1-4H3/t10-,11-,12+,13-,15-/m0/s1. The normalized spacial score (nSPS) is 47.6. The minimum Gasteiger partial charge on any atom is -0.393 e. The Morgan fingerprint density at radius 3 is 2.41 bits per heavy atom. The van der Waals surface area contributed by atoms with Gasteiger partial charge in [0.15, 0.2) is 0 Å². The van der Waals surface area contributed by atoms with Gasteiger partial charge in [-0.25, -0.2) is 0 Å². The molecule has 2 rings (SSSR count). The lowest BCUT2D eigenvalue weighted by molar-refractivity contribution is -0.124. The van der Waals surface area contributed by atoms with Gasteiger partial charge in [-0.2, -0.15) is 0 Å². The van der Waals surface area contributed by atoms with E-state index in [9.17, 15) is 10.2 Å². The number of aliphatic hydroxyl groups excluding tert-OH is 1. The predicted molar refractivity (Wildman–Crippen MR) is 69.6 cm³/mol. The average molecular weight is 240 g/mol. The first kappa shape index (κ1) is 13.4. The molecule has 0 heterocycles. The number of aliphatic hydroxyl groups is 2.